The molecule has 1 N–H and O–H groups in total. The summed E-state index contributed by atoms with van der Waals surface area (Å²) in [5.74, 6) is 0.914. The van der Waals surface area contributed by atoms with Crippen LogP contribution in [-0.4, -0.2) is 45.6 Å². The lowest BCUT2D eigenvalue weighted by Gasteiger charge is -2.22. The molecular weight excluding hydrogens is 439 g/mol. The zero-order valence-corrected chi connectivity index (χ0v) is 17.9. The molecule has 26 heavy (non-hydrogen) atoms. The van der Waals surface area contributed by atoms with Gasteiger partial charge in [0, 0.05) is 46.1 Å². The fraction of sp³-hybridized carbons (Fsp3) is 0.368. The van der Waals surface area contributed by atoms with Crippen LogP contribution in [0.3, 0.4) is 0 Å². The number of halogens is 1. The molecule has 0 aliphatic heterocycles. The molecule has 0 radical (unpaired) electrons. The number of aliphatic imine (C=N–C) groups is 1. The maximum Gasteiger partial charge on any atom is 0.193 e. The Balaban J connectivity index is 0.00000243. The van der Waals surface area contributed by atoms with Gasteiger partial charge in [0.05, 0.1) is 23.9 Å². The predicted molar refractivity (Wildman–Crippen MR) is 118 cm³/mol. The van der Waals surface area contributed by atoms with E-state index >= 15 is 0 Å². The Bertz CT molecular complexity index is 850. The van der Waals surface area contributed by atoms with Crippen LogP contribution in [-0.2, 0) is 20.1 Å². The molecule has 2 heterocycles. The standard InChI is InChI=1S/C19H26N6.HI/c1-20-19(24(3)14-16-8-6-12-23(16)2)21-11-7-13-25-15-22-17-9-4-5-10-18(17)25;/h4-6,8-10,12,15H,7,11,13-14H2,1-3H3,(H,20,21);1H. The maximum atomic E-state index is 4.44. The highest BCUT2D eigenvalue weighted by Gasteiger charge is 2.08. The highest BCUT2D eigenvalue weighted by molar-refractivity contribution is 14.0. The number of nitrogens with one attached hydrogen (secondary N) is 1. The molecule has 3 rings (SSSR count). The first kappa shape index (κ1) is 20.3. The molecule has 0 saturated heterocycles. The van der Waals surface area contributed by atoms with Crippen LogP contribution in [0.25, 0.3) is 11.0 Å². The second-order valence-corrected chi connectivity index (χ2v) is 6.22. The van der Waals surface area contributed by atoms with Crippen LogP contribution >= 0.6 is 24.0 Å². The largest absolute Gasteiger partial charge is 0.356 e. The molecule has 7 heteroatoms. The number of guanidine groups is 1. The Morgan fingerprint density at radius 2 is 2.04 bits per heavy atom. The summed E-state index contributed by atoms with van der Waals surface area (Å²) in [5, 5.41) is 3.44. The van der Waals surface area contributed by atoms with Gasteiger partial charge in [-0.2, -0.15) is 0 Å². The van der Waals surface area contributed by atoms with Crippen LogP contribution in [0.4, 0.5) is 0 Å². The Kier molecular flexibility index (Phi) is 7.50. The summed E-state index contributed by atoms with van der Waals surface area (Å²) >= 11 is 0. The summed E-state index contributed by atoms with van der Waals surface area (Å²) in [6.07, 6.45) is 4.99. The number of aryl methyl sites for hydroxylation is 2. The zero-order valence-electron chi connectivity index (χ0n) is 15.6. The molecule has 140 valence electrons. The fourth-order valence-electron chi connectivity index (χ4n) is 3.00. The van der Waals surface area contributed by atoms with E-state index in [1.165, 1.54) is 11.2 Å². The first-order chi connectivity index (χ1) is 12.2. The smallest absolute Gasteiger partial charge is 0.193 e. The molecule has 6 nitrogen and oxygen atoms in total. The topological polar surface area (TPSA) is 50.4 Å². The molecule has 0 aliphatic rings. The van der Waals surface area contributed by atoms with Gasteiger partial charge in [0.25, 0.3) is 0 Å². The van der Waals surface area contributed by atoms with Gasteiger partial charge in [-0.25, -0.2) is 4.98 Å². The normalized spacial score (nSPS) is 11.4. The van der Waals surface area contributed by atoms with Crippen LogP contribution in [0.2, 0.25) is 0 Å². The Morgan fingerprint density at radius 1 is 1.23 bits per heavy atom. The number of para-hydroxylation sites is 2. The second-order valence-electron chi connectivity index (χ2n) is 6.22. The van der Waals surface area contributed by atoms with Crippen molar-refractivity contribution in [1.82, 2.24) is 24.3 Å². The number of fused-ring (bicyclic) bond motifs is 1. The minimum absolute atomic E-state index is 0. The third kappa shape index (κ3) is 4.78. The summed E-state index contributed by atoms with van der Waals surface area (Å²) in [5.41, 5.74) is 3.50. The third-order valence-electron chi connectivity index (χ3n) is 4.41. The molecule has 0 bridgehead atoms. The Morgan fingerprint density at radius 3 is 2.77 bits per heavy atom. The lowest BCUT2D eigenvalue weighted by molar-refractivity contribution is 0.459. The van der Waals surface area contributed by atoms with Gasteiger partial charge in [0.15, 0.2) is 5.96 Å². The molecule has 0 atom stereocenters. The summed E-state index contributed by atoms with van der Waals surface area (Å²) in [4.78, 5) is 11.0. The van der Waals surface area contributed by atoms with Crippen LogP contribution in [0.1, 0.15) is 12.1 Å². The Labute approximate surface area is 171 Å². The van der Waals surface area contributed by atoms with E-state index in [4.69, 9.17) is 0 Å². The van der Waals surface area contributed by atoms with Gasteiger partial charge >= 0.3 is 0 Å². The Hall–Kier alpha value is -2.03. The van der Waals surface area contributed by atoms with E-state index in [0.29, 0.717) is 0 Å². The number of hydrogen-bond acceptors (Lipinski definition) is 2. The first-order valence-electron chi connectivity index (χ1n) is 8.61. The molecule has 0 aliphatic carbocycles. The van der Waals surface area contributed by atoms with Gasteiger partial charge < -0.3 is 19.4 Å². The van der Waals surface area contributed by atoms with Gasteiger partial charge in [0.1, 0.15) is 0 Å². The summed E-state index contributed by atoms with van der Waals surface area (Å²) < 4.78 is 4.33. The van der Waals surface area contributed by atoms with E-state index in [1.54, 1.807) is 0 Å². The van der Waals surface area contributed by atoms with Crippen molar-refractivity contribution < 1.29 is 0 Å². The quantitative estimate of drug-likeness (QED) is 0.263. The van der Waals surface area contributed by atoms with Crippen molar-refractivity contribution in [3.05, 3.63) is 54.6 Å². The van der Waals surface area contributed by atoms with E-state index in [2.05, 4.69) is 73.9 Å². The van der Waals surface area contributed by atoms with Crippen molar-refractivity contribution in [1.29, 1.82) is 0 Å². The van der Waals surface area contributed by atoms with E-state index < -0.39 is 0 Å². The predicted octanol–water partition coefficient (Wildman–Crippen LogP) is 3.09. The average Bonchev–Trinajstić information content (AvgIpc) is 3.21. The SMILES string of the molecule is CN=C(NCCCn1cnc2ccccc21)N(C)Cc1cccn1C.I. The van der Waals surface area contributed by atoms with Crippen molar-refractivity contribution in [2.75, 3.05) is 20.6 Å². The minimum Gasteiger partial charge on any atom is -0.356 e. The van der Waals surface area contributed by atoms with Gasteiger partial charge in [-0.3, -0.25) is 4.99 Å². The van der Waals surface area contributed by atoms with Crippen molar-refractivity contribution >= 4 is 41.0 Å². The lowest BCUT2D eigenvalue weighted by Crippen LogP contribution is -2.39. The first-order valence-corrected chi connectivity index (χ1v) is 8.61. The minimum atomic E-state index is 0. The number of rotatable bonds is 6. The number of aromatic nitrogens is 3. The maximum absolute atomic E-state index is 4.44. The number of hydrogen-bond donors (Lipinski definition) is 1. The van der Waals surface area contributed by atoms with Gasteiger partial charge in [0.2, 0.25) is 0 Å². The van der Waals surface area contributed by atoms with E-state index in [9.17, 15) is 0 Å². The summed E-state index contributed by atoms with van der Waals surface area (Å²) in [6.45, 7) is 2.64. The summed E-state index contributed by atoms with van der Waals surface area (Å²) in [6, 6.07) is 12.4. The molecule has 0 spiro atoms. The summed E-state index contributed by atoms with van der Waals surface area (Å²) in [7, 11) is 5.95. The molecule has 3 aromatic rings. The monoisotopic (exact) mass is 466 g/mol. The molecular formula is C19H27IN6. The number of nitrogens with zero attached hydrogens (tertiary/aromatic N) is 5. The molecule has 2 aromatic heterocycles. The van der Waals surface area contributed by atoms with Crippen LogP contribution in [0.15, 0.2) is 53.9 Å². The molecule has 0 saturated carbocycles. The highest BCUT2D eigenvalue weighted by Crippen LogP contribution is 2.11. The molecule has 0 unspecified atom stereocenters. The van der Waals surface area contributed by atoms with Crippen molar-refractivity contribution in [3.8, 4) is 0 Å². The van der Waals surface area contributed by atoms with Crippen molar-refractivity contribution in [2.24, 2.45) is 12.0 Å². The number of benzene rings is 1. The molecule has 0 amide bonds. The third-order valence-corrected chi connectivity index (χ3v) is 4.41. The van der Waals surface area contributed by atoms with Gasteiger partial charge in [-0.05, 0) is 30.7 Å². The van der Waals surface area contributed by atoms with Gasteiger partial charge in [-0.15, -0.1) is 24.0 Å². The molecule has 1 aromatic carbocycles. The van der Waals surface area contributed by atoms with E-state index in [1.807, 2.05) is 25.5 Å². The average molecular weight is 466 g/mol. The van der Waals surface area contributed by atoms with Crippen LogP contribution in [0, 0.1) is 0 Å². The van der Waals surface area contributed by atoms with Crippen LogP contribution in [0.5, 0.6) is 0 Å². The van der Waals surface area contributed by atoms with E-state index in [-0.39, 0.29) is 24.0 Å². The van der Waals surface area contributed by atoms with Crippen molar-refractivity contribution in [2.45, 2.75) is 19.5 Å². The van der Waals surface area contributed by atoms with E-state index in [0.717, 1.165) is 37.5 Å². The van der Waals surface area contributed by atoms with Crippen molar-refractivity contribution in [3.63, 3.8) is 0 Å². The molecule has 0 fully saturated rings. The highest BCUT2D eigenvalue weighted by atomic mass is 127. The number of imidazole rings is 1. The van der Waals surface area contributed by atoms with Gasteiger partial charge in [-0.1, -0.05) is 12.1 Å². The van der Waals surface area contributed by atoms with Crippen LogP contribution < -0.4 is 5.32 Å². The second kappa shape index (κ2) is 9.61. The zero-order chi connectivity index (χ0) is 17.6. The fourth-order valence-corrected chi connectivity index (χ4v) is 3.00. The lowest BCUT2D eigenvalue weighted by atomic mass is 10.3.